The molecule has 1 unspecified atom stereocenters. The van der Waals surface area contributed by atoms with Crippen molar-refractivity contribution in [3.63, 3.8) is 0 Å². The molecule has 9 aromatic carbocycles. The first-order valence-electron chi connectivity index (χ1n) is 19.4. The SMILES string of the molecule is CC1(C)c2ccccc2-c2ccc(N(c3ccccc3)c3ccc4c(c3)C3(c5ccccc5-c5cccc6cccc3c56)c3cccc5cccc-4c35)cc21. The lowest BCUT2D eigenvalue weighted by atomic mass is 9.55. The lowest BCUT2D eigenvalue weighted by molar-refractivity contribution is 0.660. The molecular weight excluding hydrogens is 663 g/mol. The van der Waals surface area contributed by atoms with Crippen LogP contribution in [-0.4, -0.2) is 0 Å². The van der Waals surface area contributed by atoms with Crippen molar-refractivity contribution in [2.45, 2.75) is 24.7 Å². The highest BCUT2D eigenvalue weighted by Crippen LogP contribution is 2.61. The second kappa shape index (κ2) is 10.9. The van der Waals surface area contributed by atoms with Gasteiger partial charge in [-0.15, -0.1) is 0 Å². The molecule has 55 heavy (non-hydrogen) atoms. The highest BCUT2D eigenvalue weighted by atomic mass is 15.1. The van der Waals surface area contributed by atoms with Gasteiger partial charge < -0.3 is 4.90 Å². The Hall–Kier alpha value is -6.70. The van der Waals surface area contributed by atoms with Gasteiger partial charge in [-0.2, -0.15) is 0 Å². The molecule has 0 fully saturated rings. The molecule has 0 saturated carbocycles. The molecule has 0 N–H and O–H groups in total. The Morgan fingerprint density at radius 3 is 1.36 bits per heavy atom. The van der Waals surface area contributed by atoms with Crippen LogP contribution in [-0.2, 0) is 10.8 Å². The number of para-hydroxylation sites is 1. The van der Waals surface area contributed by atoms with E-state index in [4.69, 9.17) is 0 Å². The van der Waals surface area contributed by atoms with Crippen molar-refractivity contribution in [2.24, 2.45) is 0 Å². The summed E-state index contributed by atoms with van der Waals surface area (Å²) in [6.07, 6.45) is 0. The molecule has 0 bridgehead atoms. The van der Waals surface area contributed by atoms with E-state index in [2.05, 4.69) is 207 Å². The second-order valence-electron chi connectivity index (χ2n) is 16.0. The maximum atomic E-state index is 2.52. The third kappa shape index (κ3) is 3.92. The standard InChI is InChI=1S/C54H37N/c1-53(2)45-24-8-6-20-39(45)41-30-28-37(32-49(41)53)55(36-18-4-3-5-19-36)38-29-31-42-44-23-11-15-35-17-13-27-48(52(35)44)54(50(42)33-38)46-25-9-7-21-40(46)43-22-10-14-34-16-12-26-47(54)51(34)43/h3-33H,1-2H3. The lowest BCUT2D eigenvalue weighted by Gasteiger charge is -2.46. The first kappa shape index (κ1) is 30.7. The Morgan fingerprint density at radius 1 is 0.309 bits per heavy atom. The Balaban J connectivity index is 1.19. The maximum Gasteiger partial charge on any atom is 0.0726 e. The van der Waals surface area contributed by atoms with Gasteiger partial charge in [0.1, 0.15) is 0 Å². The minimum absolute atomic E-state index is 0.107. The molecule has 258 valence electrons. The number of nitrogens with zero attached hydrogens (tertiary/aromatic N) is 1. The first-order chi connectivity index (χ1) is 27.0. The molecule has 3 aliphatic carbocycles. The van der Waals surface area contributed by atoms with Gasteiger partial charge in [0.2, 0.25) is 0 Å². The molecule has 0 aromatic heterocycles. The summed E-state index contributed by atoms with van der Waals surface area (Å²) in [5, 5.41) is 5.24. The summed E-state index contributed by atoms with van der Waals surface area (Å²) in [5.74, 6) is 0. The third-order valence-electron chi connectivity index (χ3n) is 13.0. The van der Waals surface area contributed by atoms with Gasteiger partial charge >= 0.3 is 0 Å². The second-order valence-corrected chi connectivity index (χ2v) is 16.0. The predicted molar refractivity (Wildman–Crippen MR) is 230 cm³/mol. The molecule has 9 aromatic rings. The van der Waals surface area contributed by atoms with Crippen LogP contribution in [0, 0.1) is 0 Å². The third-order valence-corrected chi connectivity index (χ3v) is 13.0. The van der Waals surface area contributed by atoms with E-state index >= 15 is 0 Å². The van der Waals surface area contributed by atoms with Gasteiger partial charge in [0, 0.05) is 22.5 Å². The van der Waals surface area contributed by atoms with Crippen molar-refractivity contribution >= 4 is 38.6 Å². The van der Waals surface area contributed by atoms with Gasteiger partial charge in [0.05, 0.1) is 5.41 Å². The number of rotatable bonds is 3. The highest BCUT2D eigenvalue weighted by Gasteiger charge is 2.48. The van der Waals surface area contributed by atoms with Gasteiger partial charge in [-0.1, -0.05) is 166 Å². The van der Waals surface area contributed by atoms with Gasteiger partial charge in [-0.3, -0.25) is 0 Å². The molecule has 0 heterocycles. The Kier molecular flexibility index (Phi) is 6.11. The van der Waals surface area contributed by atoms with E-state index < -0.39 is 5.41 Å². The van der Waals surface area contributed by atoms with E-state index in [9.17, 15) is 0 Å². The average molecular weight is 700 g/mol. The van der Waals surface area contributed by atoms with E-state index in [1.54, 1.807) is 0 Å². The molecule has 0 radical (unpaired) electrons. The summed E-state index contributed by atoms with van der Waals surface area (Å²) >= 11 is 0. The van der Waals surface area contributed by atoms with Crippen LogP contribution in [0.2, 0.25) is 0 Å². The van der Waals surface area contributed by atoms with E-state index in [1.807, 2.05) is 0 Å². The zero-order valence-corrected chi connectivity index (χ0v) is 30.8. The fourth-order valence-electron chi connectivity index (χ4n) is 10.7. The van der Waals surface area contributed by atoms with Crippen LogP contribution in [0.5, 0.6) is 0 Å². The number of fused-ring (bicyclic) bond motifs is 11. The van der Waals surface area contributed by atoms with Crippen molar-refractivity contribution < 1.29 is 0 Å². The summed E-state index contributed by atoms with van der Waals surface area (Å²) in [6, 6.07) is 70.9. The molecule has 1 spiro atoms. The fraction of sp³-hybridized carbons (Fsp3) is 0.0741. The zero-order chi connectivity index (χ0) is 36.5. The fourth-order valence-corrected chi connectivity index (χ4v) is 10.7. The van der Waals surface area contributed by atoms with Crippen LogP contribution in [0.4, 0.5) is 17.1 Å². The van der Waals surface area contributed by atoms with Crippen LogP contribution >= 0.6 is 0 Å². The average Bonchev–Trinajstić information content (AvgIpc) is 3.47. The Labute approximate surface area is 321 Å². The molecule has 1 heteroatoms. The van der Waals surface area contributed by atoms with E-state index in [-0.39, 0.29) is 5.41 Å². The van der Waals surface area contributed by atoms with Crippen molar-refractivity contribution in [2.75, 3.05) is 4.90 Å². The van der Waals surface area contributed by atoms with Crippen LogP contribution in [0.15, 0.2) is 188 Å². The summed E-state index contributed by atoms with van der Waals surface area (Å²) in [6.45, 7) is 4.74. The van der Waals surface area contributed by atoms with Crippen LogP contribution in [0.1, 0.15) is 47.2 Å². The maximum absolute atomic E-state index is 2.52. The topological polar surface area (TPSA) is 3.24 Å². The quantitative estimate of drug-likeness (QED) is 0.177. The molecule has 0 aliphatic heterocycles. The number of benzene rings is 9. The zero-order valence-electron chi connectivity index (χ0n) is 30.8. The summed E-state index contributed by atoms with van der Waals surface area (Å²) in [4.78, 5) is 2.47. The largest absolute Gasteiger partial charge is 0.310 e. The Bertz CT molecular complexity index is 3050. The number of hydrogen-bond donors (Lipinski definition) is 0. The van der Waals surface area contributed by atoms with Crippen molar-refractivity contribution in [1.82, 2.24) is 0 Å². The predicted octanol–water partition coefficient (Wildman–Crippen LogP) is 14.1. The molecule has 1 nitrogen and oxygen atoms in total. The van der Waals surface area contributed by atoms with Crippen molar-refractivity contribution in [3.8, 4) is 33.4 Å². The van der Waals surface area contributed by atoms with E-state index in [1.165, 1.54) is 88.3 Å². The van der Waals surface area contributed by atoms with E-state index in [0.717, 1.165) is 17.1 Å². The van der Waals surface area contributed by atoms with Gasteiger partial charge in [0.15, 0.2) is 0 Å². The highest BCUT2D eigenvalue weighted by molar-refractivity contribution is 6.11. The molecule has 0 saturated heterocycles. The smallest absolute Gasteiger partial charge is 0.0726 e. The van der Waals surface area contributed by atoms with Crippen LogP contribution < -0.4 is 4.90 Å². The molecule has 1 atom stereocenters. The number of anilines is 3. The lowest BCUT2D eigenvalue weighted by Crippen LogP contribution is -2.36. The van der Waals surface area contributed by atoms with Crippen molar-refractivity contribution in [3.05, 3.63) is 221 Å². The van der Waals surface area contributed by atoms with Crippen molar-refractivity contribution in [1.29, 1.82) is 0 Å². The molecule has 0 amide bonds. The van der Waals surface area contributed by atoms with Gasteiger partial charge in [-0.25, -0.2) is 0 Å². The van der Waals surface area contributed by atoms with Crippen LogP contribution in [0.25, 0.3) is 54.9 Å². The molecule has 12 rings (SSSR count). The van der Waals surface area contributed by atoms with Crippen LogP contribution in [0.3, 0.4) is 0 Å². The monoisotopic (exact) mass is 699 g/mol. The minimum atomic E-state index is -0.548. The first-order valence-corrected chi connectivity index (χ1v) is 19.4. The number of hydrogen-bond acceptors (Lipinski definition) is 1. The normalized spacial score (nSPS) is 16.4. The summed E-state index contributed by atoms with van der Waals surface area (Å²) in [7, 11) is 0. The Morgan fingerprint density at radius 2 is 0.745 bits per heavy atom. The van der Waals surface area contributed by atoms with E-state index in [0.29, 0.717) is 0 Å². The van der Waals surface area contributed by atoms with Gasteiger partial charge in [0.25, 0.3) is 0 Å². The summed E-state index contributed by atoms with van der Waals surface area (Å²) < 4.78 is 0. The van der Waals surface area contributed by atoms with Gasteiger partial charge in [-0.05, 0) is 125 Å². The molecular formula is C54H37N. The summed E-state index contributed by atoms with van der Waals surface area (Å²) in [5.41, 5.74) is 18.8. The molecule has 3 aliphatic rings. The minimum Gasteiger partial charge on any atom is -0.310 e.